The summed E-state index contributed by atoms with van der Waals surface area (Å²) >= 11 is 0. The number of nitrogens with zero attached hydrogens (tertiary/aromatic N) is 1. The number of nitrogens with one attached hydrogen (secondary N) is 1. The van der Waals surface area contributed by atoms with Crippen molar-refractivity contribution in [2.75, 3.05) is 13.1 Å². The SMILES string of the molecule is Cc1cccc(-c2ccc(OC3CCNC3)nc2)c1. The second-order valence-corrected chi connectivity index (χ2v) is 4.99. The molecule has 98 valence electrons. The minimum Gasteiger partial charge on any atom is -0.473 e. The molecule has 1 unspecified atom stereocenters. The molecule has 1 aromatic heterocycles. The van der Waals surface area contributed by atoms with Crippen LogP contribution in [0.3, 0.4) is 0 Å². The van der Waals surface area contributed by atoms with Crippen molar-refractivity contribution in [3.63, 3.8) is 0 Å². The van der Waals surface area contributed by atoms with Crippen LogP contribution in [-0.2, 0) is 0 Å². The maximum atomic E-state index is 5.82. The molecule has 1 N–H and O–H groups in total. The minimum absolute atomic E-state index is 0.261. The molecule has 1 saturated heterocycles. The first-order valence-corrected chi connectivity index (χ1v) is 6.72. The first-order valence-electron chi connectivity index (χ1n) is 6.72. The summed E-state index contributed by atoms with van der Waals surface area (Å²) in [7, 11) is 0. The van der Waals surface area contributed by atoms with Crippen molar-refractivity contribution in [2.24, 2.45) is 0 Å². The van der Waals surface area contributed by atoms with Gasteiger partial charge in [0.1, 0.15) is 6.10 Å². The van der Waals surface area contributed by atoms with E-state index in [1.165, 1.54) is 11.1 Å². The van der Waals surface area contributed by atoms with E-state index in [0.717, 1.165) is 25.1 Å². The van der Waals surface area contributed by atoms with Crippen molar-refractivity contribution in [1.29, 1.82) is 0 Å². The Hall–Kier alpha value is -1.87. The predicted molar refractivity (Wildman–Crippen MR) is 76.3 cm³/mol. The van der Waals surface area contributed by atoms with E-state index in [-0.39, 0.29) is 6.10 Å². The Morgan fingerprint density at radius 3 is 2.84 bits per heavy atom. The van der Waals surface area contributed by atoms with E-state index in [4.69, 9.17) is 4.74 Å². The van der Waals surface area contributed by atoms with Gasteiger partial charge in [0.15, 0.2) is 0 Å². The van der Waals surface area contributed by atoms with Crippen molar-refractivity contribution in [2.45, 2.75) is 19.4 Å². The van der Waals surface area contributed by atoms with Crippen molar-refractivity contribution < 1.29 is 4.74 Å². The van der Waals surface area contributed by atoms with Crippen LogP contribution in [0.25, 0.3) is 11.1 Å². The average Bonchev–Trinajstić information content (AvgIpc) is 2.92. The summed E-state index contributed by atoms with van der Waals surface area (Å²) < 4.78 is 5.82. The van der Waals surface area contributed by atoms with Gasteiger partial charge < -0.3 is 10.1 Å². The molecule has 1 atom stereocenters. The highest BCUT2D eigenvalue weighted by molar-refractivity contribution is 5.63. The number of aromatic nitrogens is 1. The minimum atomic E-state index is 0.261. The van der Waals surface area contributed by atoms with Crippen molar-refractivity contribution in [1.82, 2.24) is 10.3 Å². The number of rotatable bonds is 3. The summed E-state index contributed by atoms with van der Waals surface area (Å²) in [6.07, 6.45) is 3.20. The molecule has 1 fully saturated rings. The largest absolute Gasteiger partial charge is 0.473 e. The first kappa shape index (κ1) is 12.2. The van der Waals surface area contributed by atoms with Gasteiger partial charge in [-0.25, -0.2) is 4.98 Å². The highest BCUT2D eigenvalue weighted by Crippen LogP contribution is 2.22. The number of pyridine rings is 1. The van der Waals surface area contributed by atoms with E-state index >= 15 is 0 Å². The third-order valence-corrected chi connectivity index (χ3v) is 3.39. The zero-order valence-corrected chi connectivity index (χ0v) is 11.1. The van der Waals surface area contributed by atoms with Crippen LogP contribution in [0.15, 0.2) is 42.6 Å². The molecular weight excluding hydrogens is 236 g/mol. The van der Waals surface area contributed by atoms with E-state index in [2.05, 4.69) is 47.6 Å². The van der Waals surface area contributed by atoms with Gasteiger partial charge in [0.2, 0.25) is 5.88 Å². The fourth-order valence-electron chi connectivity index (χ4n) is 2.34. The monoisotopic (exact) mass is 254 g/mol. The lowest BCUT2D eigenvalue weighted by Crippen LogP contribution is -2.19. The molecule has 0 radical (unpaired) electrons. The predicted octanol–water partition coefficient (Wildman–Crippen LogP) is 2.80. The van der Waals surface area contributed by atoms with Crippen LogP contribution in [0.4, 0.5) is 0 Å². The molecule has 0 bridgehead atoms. The van der Waals surface area contributed by atoms with Crippen LogP contribution in [0.2, 0.25) is 0 Å². The average molecular weight is 254 g/mol. The quantitative estimate of drug-likeness (QED) is 0.914. The van der Waals surface area contributed by atoms with Crippen LogP contribution in [0.5, 0.6) is 5.88 Å². The van der Waals surface area contributed by atoms with Gasteiger partial charge in [0.25, 0.3) is 0 Å². The van der Waals surface area contributed by atoms with Gasteiger partial charge in [0.05, 0.1) is 0 Å². The highest BCUT2D eigenvalue weighted by Gasteiger charge is 2.16. The molecule has 0 saturated carbocycles. The summed E-state index contributed by atoms with van der Waals surface area (Å²) in [6, 6.07) is 12.5. The molecule has 0 amide bonds. The third-order valence-electron chi connectivity index (χ3n) is 3.39. The molecule has 1 aliphatic heterocycles. The number of hydrogen-bond donors (Lipinski definition) is 1. The number of aryl methyl sites for hydroxylation is 1. The number of hydrogen-bond acceptors (Lipinski definition) is 3. The van der Waals surface area contributed by atoms with Crippen LogP contribution in [-0.4, -0.2) is 24.2 Å². The molecule has 3 heteroatoms. The summed E-state index contributed by atoms with van der Waals surface area (Å²) in [5.41, 5.74) is 3.58. The topological polar surface area (TPSA) is 34.1 Å². The first-order chi connectivity index (χ1) is 9.31. The van der Waals surface area contributed by atoms with Crippen LogP contribution in [0.1, 0.15) is 12.0 Å². The maximum absolute atomic E-state index is 5.82. The Balaban J connectivity index is 1.74. The highest BCUT2D eigenvalue weighted by atomic mass is 16.5. The van der Waals surface area contributed by atoms with Gasteiger partial charge in [-0.1, -0.05) is 29.8 Å². The van der Waals surface area contributed by atoms with Crippen molar-refractivity contribution in [3.8, 4) is 17.0 Å². The second-order valence-electron chi connectivity index (χ2n) is 4.99. The lowest BCUT2D eigenvalue weighted by atomic mass is 10.1. The van der Waals surface area contributed by atoms with E-state index in [9.17, 15) is 0 Å². The normalized spacial score (nSPS) is 18.5. The molecule has 1 aliphatic rings. The van der Waals surface area contributed by atoms with E-state index in [0.29, 0.717) is 5.88 Å². The third kappa shape index (κ3) is 2.93. The number of ether oxygens (including phenoxy) is 1. The maximum Gasteiger partial charge on any atom is 0.213 e. The molecule has 2 aromatic rings. The van der Waals surface area contributed by atoms with Crippen molar-refractivity contribution in [3.05, 3.63) is 48.2 Å². The van der Waals surface area contributed by atoms with E-state index < -0.39 is 0 Å². The Kier molecular flexibility index (Phi) is 3.47. The van der Waals surface area contributed by atoms with E-state index in [1.54, 1.807) is 0 Å². The van der Waals surface area contributed by atoms with Crippen LogP contribution in [0, 0.1) is 6.92 Å². The number of benzene rings is 1. The van der Waals surface area contributed by atoms with Gasteiger partial charge in [-0.3, -0.25) is 0 Å². The molecule has 3 rings (SSSR count). The molecule has 0 spiro atoms. The fraction of sp³-hybridized carbons (Fsp3) is 0.312. The molecule has 2 heterocycles. The molecule has 1 aromatic carbocycles. The van der Waals surface area contributed by atoms with Gasteiger partial charge >= 0.3 is 0 Å². The smallest absolute Gasteiger partial charge is 0.213 e. The second kappa shape index (κ2) is 5.41. The van der Waals surface area contributed by atoms with Gasteiger partial charge in [-0.2, -0.15) is 0 Å². The zero-order chi connectivity index (χ0) is 13.1. The van der Waals surface area contributed by atoms with Gasteiger partial charge in [-0.05, 0) is 31.5 Å². The molecule has 19 heavy (non-hydrogen) atoms. The standard InChI is InChI=1S/C16H18N2O/c1-12-3-2-4-13(9-12)14-5-6-16(18-10-14)19-15-7-8-17-11-15/h2-6,9-10,15,17H,7-8,11H2,1H3. The Morgan fingerprint density at radius 1 is 1.21 bits per heavy atom. The van der Waals surface area contributed by atoms with Crippen LogP contribution >= 0.6 is 0 Å². The van der Waals surface area contributed by atoms with Gasteiger partial charge in [-0.15, -0.1) is 0 Å². The molecular formula is C16H18N2O. The zero-order valence-electron chi connectivity index (χ0n) is 11.1. The summed E-state index contributed by atoms with van der Waals surface area (Å²) in [5.74, 6) is 0.713. The molecule has 0 aliphatic carbocycles. The van der Waals surface area contributed by atoms with E-state index in [1.807, 2.05) is 12.3 Å². The summed E-state index contributed by atoms with van der Waals surface area (Å²) in [4.78, 5) is 4.40. The molecule has 3 nitrogen and oxygen atoms in total. The van der Waals surface area contributed by atoms with Crippen LogP contribution < -0.4 is 10.1 Å². The summed E-state index contributed by atoms with van der Waals surface area (Å²) in [5, 5.41) is 3.28. The van der Waals surface area contributed by atoms with Gasteiger partial charge in [0, 0.05) is 24.4 Å². The Labute approximate surface area is 113 Å². The lowest BCUT2D eigenvalue weighted by Gasteiger charge is -2.11. The Bertz CT molecular complexity index is 545. The van der Waals surface area contributed by atoms with Crippen molar-refractivity contribution >= 4 is 0 Å². The lowest BCUT2D eigenvalue weighted by molar-refractivity contribution is 0.214. The Morgan fingerprint density at radius 2 is 2.16 bits per heavy atom. The summed E-state index contributed by atoms with van der Waals surface area (Å²) in [6.45, 7) is 4.05. The fourth-order valence-corrected chi connectivity index (χ4v) is 2.34.